The van der Waals surface area contributed by atoms with Crippen molar-refractivity contribution in [3.05, 3.63) is 6.20 Å². The van der Waals surface area contributed by atoms with Crippen molar-refractivity contribution in [1.82, 2.24) is 20.2 Å². The molecule has 1 saturated heterocycles. The smallest absolute Gasteiger partial charge is 0.224 e. The standard InChI is InChI=1S/C11H15FN6O/c1-11(19)2-6(12)4-18(5-11)9-7-3-14-17-8(7)15-10(13)16-9/h3,6,19H,2,4-5H2,1H3,(H3,13,14,15,16,17). The van der Waals surface area contributed by atoms with E-state index in [0.29, 0.717) is 23.4 Å². The highest BCUT2D eigenvalue weighted by molar-refractivity contribution is 5.87. The summed E-state index contributed by atoms with van der Waals surface area (Å²) < 4.78 is 13.7. The number of hydrogen-bond acceptors (Lipinski definition) is 6. The summed E-state index contributed by atoms with van der Waals surface area (Å²) in [4.78, 5) is 9.85. The molecule has 7 nitrogen and oxygen atoms in total. The summed E-state index contributed by atoms with van der Waals surface area (Å²) >= 11 is 0. The molecule has 102 valence electrons. The van der Waals surface area contributed by atoms with Gasteiger partial charge in [-0.15, -0.1) is 0 Å². The van der Waals surface area contributed by atoms with Gasteiger partial charge in [0, 0.05) is 13.0 Å². The molecule has 8 heteroatoms. The number of aromatic amines is 1. The van der Waals surface area contributed by atoms with Crippen LogP contribution in [0.5, 0.6) is 0 Å². The normalized spacial score (nSPS) is 27.9. The molecule has 0 bridgehead atoms. The van der Waals surface area contributed by atoms with Crippen molar-refractivity contribution in [2.45, 2.75) is 25.1 Å². The number of piperidine rings is 1. The molecule has 1 aliphatic rings. The van der Waals surface area contributed by atoms with Crippen LogP contribution in [0, 0.1) is 0 Å². The fourth-order valence-corrected chi connectivity index (χ4v) is 2.56. The largest absolute Gasteiger partial charge is 0.388 e. The highest BCUT2D eigenvalue weighted by Gasteiger charge is 2.36. The number of aliphatic hydroxyl groups is 1. The topological polar surface area (TPSA) is 104 Å². The number of nitrogens with zero attached hydrogens (tertiary/aromatic N) is 4. The molecule has 2 atom stereocenters. The number of β-amino-alcohol motifs (C(OH)–C–C–N with tert-alkyl or cyclic N) is 1. The van der Waals surface area contributed by atoms with E-state index in [2.05, 4.69) is 20.2 Å². The van der Waals surface area contributed by atoms with Crippen LogP contribution in [0.4, 0.5) is 16.2 Å². The Morgan fingerprint density at radius 3 is 3.11 bits per heavy atom. The maximum absolute atomic E-state index is 13.7. The Hall–Kier alpha value is -1.96. The molecule has 0 radical (unpaired) electrons. The lowest BCUT2D eigenvalue weighted by molar-refractivity contribution is 0.0165. The lowest BCUT2D eigenvalue weighted by Crippen LogP contribution is -2.51. The number of nitrogens with two attached hydrogens (primary N) is 1. The van der Waals surface area contributed by atoms with Gasteiger partial charge in [-0.3, -0.25) is 5.10 Å². The number of nitrogens with one attached hydrogen (secondary N) is 1. The SMILES string of the molecule is CC1(O)CC(F)CN(c2nc(N)nc3[nH]ncc23)C1. The van der Waals surface area contributed by atoms with Gasteiger partial charge in [-0.2, -0.15) is 15.1 Å². The molecule has 3 rings (SSSR count). The van der Waals surface area contributed by atoms with Crippen LogP contribution in [0.1, 0.15) is 13.3 Å². The molecule has 0 saturated carbocycles. The summed E-state index contributed by atoms with van der Waals surface area (Å²) in [7, 11) is 0. The Kier molecular flexibility index (Phi) is 2.56. The predicted octanol–water partition coefficient (Wildman–Crippen LogP) is 0.234. The third-order valence-corrected chi connectivity index (χ3v) is 3.22. The van der Waals surface area contributed by atoms with E-state index < -0.39 is 11.8 Å². The van der Waals surface area contributed by atoms with Crippen LogP contribution in [0.2, 0.25) is 0 Å². The first-order valence-electron chi connectivity index (χ1n) is 6.03. The number of fused-ring (bicyclic) bond motifs is 1. The van der Waals surface area contributed by atoms with Crippen LogP contribution in [0.25, 0.3) is 11.0 Å². The van der Waals surface area contributed by atoms with Gasteiger partial charge in [-0.25, -0.2) is 4.39 Å². The Balaban J connectivity index is 2.06. The molecule has 2 unspecified atom stereocenters. The first-order chi connectivity index (χ1) is 8.94. The van der Waals surface area contributed by atoms with E-state index in [0.717, 1.165) is 0 Å². The van der Waals surface area contributed by atoms with Crippen molar-refractivity contribution in [2.24, 2.45) is 0 Å². The second kappa shape index (κ2) is 4.02. The molecule has 0 aliphatic carbocycles. The Morgan fingerprint density at radius 2 is 2.37 bits per heavy atom. The van der Waals surface area contributed by atoms with Crippen LogP contribution < -0.4 is 10.6 Å². The maximum atomic E-state index is 13.7. The first-order valence-corrected chi connectivity index (χ1v) is 6.03. The third kappa shape index (κ3) is 2.19. The molecule has 2 aromatic rings. The van der Waals surface area contributed by atoms with E-state index in [9.17, 15) is 9.50 Å². The Labute approximate surface area is 108 Å². The predicted molar refractivity (Wildman–Crippen MR) is 68.4 cm³/mol. The molecule has 0 spiro atoms. The van der Waals surface area contributed by atoms with E-state index in [-0.39, 0.29) is 18.9 Å². The minimum absolute atomic E-state index is 0.0902. The highest BCUT2D eigenvalue weighted by Crippen LogP contribution is 2.30. The van der Waals surface area contributed by atoms with Gasteiger partial charge in [-0.1, -0.05) is 0 Å². The summed E-state index contributed by atoms with van der Waals surface area (Å²) in [5, 5.41) is 17.3. The molecule has 1 aliphatic heterocycles. The Bertz CT molecular complexity index is 612. The summed E-state index contributed by atoms with van der Waals surface area (Å²) in [5.41, 5.74) is 5.05. The number of halogens is 1. The van der Waals surface area contributed by atoms with Crippen molar-refractivity contribution in [3.8, 4) is 0 Å². The zero-order chi connectivity index (χ0) is 13.6. The molecule has 0 aromatic carbocycles. The van der Waals surface area contributed by atoms with E-state index in [1.165, 1.54) is 0 Å². The lowest BCUT2D eigenvalue weighted by atomic mass is 9.94. The van der Waals surface area contributed by atoms with Gasteiger partial charge in [0.1, 0.15) is 12.0 Å². The molecule has 19 heavy (non-hydrogen) atoms. The summed E-state index contributed by atoms with van der Waals surface area (Å²) in [6, 6.07) is 0. The minimum Gasteiger partial charge on any atom is -0.388 e. The number of alkyl halides is 1. The zero-order valence-corrected chi connectivity index (χ0v) is 10.5. The zero-order valence-electron chi connectivity index (χ0n) is 10.5. The van der Waals surface area contributed by atoms with Crippen molar-refractivity contribution in [3.63, 3.8) is 0 Å². The van der Waals surface area contributed by atoms with E-state index >= 15 is 0 Å². The van der Waals surface area contributed by atoms with E-state index in [1.54, 1.807) is 18.0 Å². The van der Waals surface area contributed by atoms with Gasteiger partial charge < -0.3 is 15.7 Å². The van der Waals surface area contributed by atoms with Crippen molar-refractivity contribution < 1.29 is 9.50 Å². The van der Waals surface area contributed by atoms with E-state index in [4.69, 9.17) is 5.73 Å². The number of H-pyrrole nitrogens is 1. The second-order valence-corrected chi connectivity index (χ2v) is 5.22. The van der Waals surface area contributed by atoms with Gasteiger partial charge in [0.05, 0.1) is 23.7 Å². The van der Waals surface area contributed by atoms with Crippen molar-refractivity contribution in [1.29, 1.82) is 0 Å². The molecular formula is C11H15FN6O. The number of rotatable bonds is 1. The van der Waals surface area contributed by atoms with Gasteiger partial charge in [0.25, 0.3) is 0 Å². The minimum atomic E-state index is -1.11. The molecule has 3 heterocycles. The Morgan fingerprint density at radius 1 is 1.58 bits per heavy atom. The first kappa shape index (κ1) is 12.1. The van der Waals surface area contributed by atoms with Gasteiger partial charge in [-0.05, 0) is 6.92 Å². The number of hydrogen-bond donors (Lipinski definition) is 3. The van der Waals surface area contributed by atoms with Gasteiger partial charge in [0.15, 0.2) is 5.65 Å². The molecule has 0 amide bonds. The fraction of sp³-hybridized carbons (Fsp3) is 0.545. The van der Waals surface area contributed by atoms with Gasteiger partial charge in [0.2, 0.25) is 5.95 Å². The monoisotopic (exact) mass is 266 g/mol. The van der Waals surface area contributed by atoms with Crippen LogP contribution in [-0.4, -0.2) is 50.1 Å². The molecule has 1 fully saturated rings. The lowest BCUT2D eigenvalue weighted by Gasteiger charge is -2.39. The molecule has 2 aromatic heterocycles. The summed E-state index contributed by atoms with van der Waals surface area (Å²) in [6.07, 6.45) is 0.584. The third-order valence-electron chi connectivity index (χ3n) is 3.22. The number of aromatic nitrogens is 4. The van der Waals surface area contributed by atoms with Gasteiger partial charge >= 0.3 is 0 Å². The number of anilines is 2. The van der Waals surface area contributed by atoms with E-state index in [1.807, 2.05) is 0 Å². The average Bonchev–Trinajstić information content (AvgIpc) is 2.72. The molecule has 4 N–H and O–H groups in total. The van der Waals surface area contributed by atoms with Crippen molar-refractivity contribution >= 4 is 22.8 Å². The van der Waals surface area contributed by atoms with Crippen LogP contribution in [0.15, 0.2) is 6.20 Å². The second-order valence-electron chi connectivity index (χ2n) is 5.22. The average molecular weight is 266 g/mol. The van der Waals surface area contributed by atoms with Crippen LogP contribution in [0.3, 0.4) is 0 Å². The quantitative estimate of drug-likeness (QED) is 0.682. The van der Waals surface area contributed by atoms with Crippen LogP contribution in [-0.2, 0) is 0 Å². The summed E-state index contributed by atoms with van der Waals surface area (Å²) in [6.45, 7) is 2.08. The number of nitrogen functional groups attached to an aromatic ring is 1. The molecular weight excluding hydrogens is 251 g/mol. The highest BCUT2D eigenvalue weighted by atomic mass is 19.1. The van der Waals surface area contributed by atoms with Crippen molar-refractivity contribution in [2.75, 3.05) is 23.7 Å². The maximum Gasteiger partial charge on any atom is 0.224 e. The van der Waals surface area contributed by atoms with Crippen LogP contribution >= 0.6 is 0 Å². The summed E-state index contributed by atoms with van der Waals surface area (Å²) in [5.74, 6) is 0.589. The fourth-order valence-electron chi connectivity index (χ4n) is 2.56.